The molecule has 202 valence electrons. The van der Waals surface area contributed by atoms with E-state index in [1.54, 1.807) is 10.9 Å². The van der Waals surface area contributed by atoms with E-state index in [9.17, 15) is 19.5 Å². The lowest BCUT2D eigenvalue weighted by Gasteiger charge is -2.29. The van der Waals surface area contributed by atoms with Crippen molar-refractivity contribution in [3.63, 3.8) is 0 Å². The fourth-order valence-electron chi connectivity index (χ4n) is 4.82. The minimum Gasteiger partial charge on any atom is -0.468 e. The number of aromatic nitrogens is 3. The Balaban J connectivity index is 1.46. The molecule has 2 N–H and O–H groups in total. The van der Waals surface area contributed by atoms with E-state index >= 15 is 0 Å². The van der Waals surface area contributed by atoms with Crippen LogP contribution in [0.4, 0.5) is 0 Å². The summed E-state index contributed by atoms with van der Waals surface area (Å²) in [5, 5.41) is 21.3. The summed E-state index contributed by atoms with van der Waals surface area (Å²) in [7, 11) is 1.88. The largest absolute Gasteiger partial charge is 0.468 e. The minimum absolute atomic E-state index is 0.0382. The summed E-state index contributed by atoms with van der Waals surface area (Å²) in [6.07, 6.45) is 1.64. The van der Waals surface area contributed by atoms with Crippen molar-refractivity contribution in [2.75, 3.05) is 13.2 Å². The normalized spacial score (nSPS) is 18.8. The predicted molar refractivity (Wildman–Crippen MR) is 137 cm³/mol. The topological polar surface area (TPSA) is 140 Å². The molecule has 3 heterocycles. The van der Waals surface area contributed by atoms with Gasteiger partial charge in [0, 0.05) is 32.3 Å². The van der Waals surface area contributed by atoms with E-state index in [0.717, 1.165) is 16.8 Å². The van der Waals surface area contributed by atoms with E-state index in [0.29, 0.717) is 6.29 Å². The number of carbonyl (C=O) groups is 3. The number of ether oxygens (including phenoxy) is 1. The lowest BCUT2D eigenvalue weighted by atomic mass is 9.91. The van der Waals surface area contributed by atoms with Gasteiger partial charge in [0.1, 0.15) is 18.6 Å². The zero-order chi connectivity index (χ0) is 27.4. The highest BCUT2D eigenvalue weighted by Gasteiger charge is 2.43. The zero-order valence-corrected chi connectivity index (χ0v) is 21.9. The maximum Gasteiger partial charge on any atom is 0.254 e. The summed E-state index contributed by atoms with van der Waals surface area (Å²) in [6.45, 7) is 5.44. The van der Waals surface area contributed by atoms with E-state index in [4.69, 9.17) is 9.26 Å². The Morgan fingerprint density at radius 3 is 2.61 bits per heavy atom. The number of aryl methyl sites for hydroxylation is 1. The first kappa shape index (κ1) is 27.1. The molecule has 3 aromatic rings. The van der Waals surface area contributed by atoms with Crippen LogP contribution in [0.5, 0.6) is 5.88 Å². The number of aldehydes is 1. The summed E-state index contributed by atoms with van der Waals surface area (Å²) in [6, 6.07) is 10.1. The van der Waals surface area contributed by atoms with Gasteiger partial charge in [-0.05, 0) is 35.2 Å². The highest BCUT2D eigenvalue weighted by molar-refractivity contribution is 5.91. The van der Waals surface area contributed by atoms with Gasteiger partial charge < -0.3 is 24.6 Å². The first-order chi connectivity index (χ1) is 18.2. The van der Waals surface area contributed by atoms with Gasteiger partial charge in [-0.15, -0.1) is 0 Å². The third-order valence-corrected chi connectivity index (χ3v) is 6.80. The molecule has 2 amide bonds. The van der Waals surface area contributed by atoms with E-state index in [1.807, 2.05) is 58.2 Å². The molecule has 0 bridgehead atoms. The van der Waals surface area contributed by atoms with Crippen LogP contribution in [0.15, 0.2) is 47.1 Å². The molecule has 1 aliphatic heterocycles. The van der Waals surface area contributed by atoms with Crippen molar-refractivity contribution in [2.24, 2.45) is 13.0 Å². The molecule has 0 spiro atoms. The number of aliphatic hydroxyl groups is 1. The Bertz CT molecular complexity index is 1270. The minimum atomic E-state index is -0.830. The molecule has 1 aromatic carbocycles. The number of likely N-dealkylation sites (tertiary alicyclic amines) is 1. The Morgan fingerprint density at radius 2 is 1.97 bits per heavy atom. The first-order valence-corrected chi connectivity index (χ1v) is 12.6. The Hall–Kier alpha value is -3.99. The van der Waals surface area contributed by atoms with E-state index in [2.05, 4.69) is 15.6 Å². The van der Waals surface area contributed by atoms with Crippen LogP contribution in [0.3, 0.4) is 0 Å². The summed E-state index contributed by atoms with van der Waals surface area (Å²) in [5.41, 5.74) is 2.90. The van der Waals surface area contributed by atoms with Gasteiger partial charge >= 0.3 is 0 Å². The molecule has 2 aromatic heterocycles. The summed E-state index contributed by atoms with van der Waals surface area (Å²) in [5.74, 6) is -1.24. The number of nitrogens with one attached hydrogen (secondary N) is 1. The molecule has 11 heteroatoms. The van der Waals surface area contributed by atoms with Gasteiger partial charge in [-0.2, -0.15) is 5.10 Å². The summed E-state index contributed by atoms with van der Waals surface area (Å²) < 4.78 is 12.3. The van der Waals surface area contributed by atoms with Crippen molar-refractivity contribution in [3.05, 3.63) is 53.9 Å². The number of amides is 2. The average Bonchev–Trinajstić information content (AvgIpc) is 3.62. The Morgan fingerprint density at radius 1 is 1.24 bits per heavy atom. The number of nitrogens with zero attached hydrogens (tertiary/aromatic N) is 4. The van der Waals surface area contributed by atoms with Crippen molar-refractivity contribution in [1.29, 1.82) is 0 Å². The van der Waals surface area contributed by atoms with Crippen LogP contribution in [0, 0.1) is 5.92 Å². The van der Waals surface area contributed by atoms with Crippen LogP contribution >= 0.6 is 0 Å². The van der Waals surface area contributed by atoms with Gasteiger partial charge in [-0.1, -0.05) is 38.1 Å². The molecule has 1 aliphatic rings. The predicted octanol–water partition coefficient (Wildman–Crippen LogP) is 2.23. The van der Waals surface area contributed by atoms with E-state index in [-0.39, 0.29) is 55.0 Å². The molecule has 0 saturated carbocycles. The van der Waals surface area contributed by atoms with Gasteiger partial charge in [-0.3, -0.25) is 19.1 Å². The van der Waals surface area contributed by atoms with Crippen LogP contribution in [-0.2, 0) is 21.4 Å². The molecule has 11 nitrogen and oxygen atoms in total. The van der Waals surface area contributed by atoms with Crippen LogP contribution < -0.4 is 10.1 Å². The quantitative estimate of drug-likeness (QED) is 0.386. The molecule has 1 fully saturated rings. The fourth-order valence-corrected chi connectivity index (χ4v) is 4.82. The Kier molecular flexibility index (Phi) is 8.26. The molecule has 1 saturated heterocycles. The van der Waals surface area contributed by atoms with Gasteiger partial charge in [-0.25, -0.2) is 0 Å². The lowest BCUT2D eigenvalue weighted by Crippen LogP contribution is -2.48. The van der Waals surface area contributed by atoms with Crippen molar-refractivity contribution in [2.45, 2.75) is 51.3 Å². The molecular weight excluding hydrogens is 490 g/mol. The van der Waals surface area contributed by atoms with Crippen LogP contribution in [0.25, 0.3) is 11.3 Å². The summed E-state index contributed by atoms with van der Waals surface area (Å²) in [4.78, 5) is 39.0. The molecule has 4 rings (SSSR count). The maximum absolute atomic E-state index is 13.6. The van der Waals surface area contributed by atoms with Gasteiger partial charge in [0.25, 0.3) is 5.88 Å². The molecule has 0 radical (unpaired) electrons. The molecular formula is C27H33N5O6. The highest BCUT2D eigenvalue weighted by atomic mass is 16.5. The van der Waals surface area contributed by atoms with E-state index in [1.165, 1.54) is 11.0 Å². The molecule has 0 aliphatic carbocycles. The second-order valence-electron chi connectivity index (χ2n) is 9.86. The first-order valence-electron chi connectivity index (χ1n) is 12.6. The third-order valence-electron chi connectivity index (χ3n) is 6.80. The molecule has 4 atom stereocenters. The summed E-state index contributed by atoms with van der Waals surface area (Å²) >= 11 is 0. The van der Waals surface area contributed by atoms with Gasteiger partial charge in [0.2, 0.25) is 11.8 Å². The van der Waals surface area contributed by atoms with Crippen molar-refractivity contribution in [3.8, 4) is 17.1 Å². The average molecular weight is 524 g/mol. The van der Waals surface area contributed by atoms with Crippen molar-refractivity contribution < 1.29 is 28.8 Å². The second kappa shape index (κ2) is 11.6. The smallest absolute Gasteiger partial charge is 0.254 e. The monoisotopic (exact) mass is 523 g/mol. The lowest BCUT2D eigenvalue weighted by molar-refractivity contribution is -0.141. The second-order valence-corrected chi connectivity index (χ2v) is 9.86. The fraction of sp³-hybridized carbons (Fsp3) is 0.444. The number of benzene rings is 1. The zero-order valence-electron chi connectivity index (χ0n) is 21.9. The number of aliphatic hydroxyl groups excluding tert-OH is 1. The van der Waals surface area contributed by atoms with Crippen molar-refractivity contribution >= 4 is 18.1 Å². The number of carbonyl (C=O) groups excluding carboxylic acids is 3. The molecule has 38 heavy (non-hydrogen) atoms. The number of hydrogen-bond donors (Lipinski definition) is 2. The standard InChI is InChI=1S/C27H33N5O6/c1-16(2)25(23-14-24(30-38-23)37-12-11-33)27(36)32-15-20(34)13-22(32)26(35)29-17(3)18-5-7-19(8-6-18)21-9-10-28-31(21)4/h5-11,14,16-17,20,22,25,34H,12-13,15H2,1-4H3,(H,29,35)/t17?,20-,22+,25?/m1/s1. The van der Waals surface area contributed by atoms with Crippen LogP contribution in [0.1, 0.15) is 50.5 Å². The SMILES string of the molecule is CC(NC(=O)[C@@H]1C[C@@H](O)CN1C(=O)C(c1cc(OCC=O)no1)C(C)C)c1ccc(-c2ccnn2C)cc1. The third kappa shape index (κ3) is 5.77. The Labute approximate surface area is 220 Å². The number of hydrogen-bond acceptors (Lipinski definition) is 8. The van der Waals surface area contributed by atoms with E-state index < -0.39 is 18.1 Å². The van der Waals surface area contributed by atoms with Crippen LogP contribution in [-0.4, -0.2) is 68.3 Å². The highest BCUT2D eigenvalue weighted by Crippen LogP contribution is 2.32. The number of β-amino-alcohol motifs (C(OH)–C–C–N with tert-alkyl or cyclic N) is 1. The maximum atomic E-state index is 13.6. The molecule has 2 unspecified atom stereocenters. The number of rotatable bonds is 10. The van der Waals surface area contributed by atoms with Crippen LogP contribution in [0.2, 0.25) is 0 Å². The van der Waals surface area contributed by atoms with Gasteiger partial charge in [0.05, 0.1) is 17.8 Å². The van der Waals surface area contributed by atoms with Gasteiger partial charge in [0.15, 0.2) is 12.0 Å². The van der Waals surface area contributed by atoms with Crippen molar-refractivity contribution in [1.82, 2.24) is 25.2 Å².